The highest BCUT2D eigenvalue weighted by Crippen LogP contribution is 2.27. The van der Waals surface area contributed by atoms with E-state index in [4.69, 9.17) is 4.74 Å². The highest BCUT2D eigenvalue weighted by atomic mass is 32.2. The second-order valence-corrected chi connectivity index (χ2v) is 7.84. The van der Waals surface area contributed by atoms with Crippen LogP contribution in [0.2, 0.25) is 0 Å². The van der Waals surface area contributed by atoms with Crippen molar-refractivity contribution < 1.29 is 14.3 Å². The molecular formula is C20H18N4O3S2. The van der Waals surface area contributed by atoms with Gasteiger partial charge in [-0.2, -0.15) is 0 Å². The lowest BCUT2D eigenvalue weighted by molar-refractivity contribution is -0.114. The minimum atomic E-state index is -0.296. The van der Waals surface area contributed by atoms with Gasteiger partial charge in [-0.3, -0.25) is 14.9 Å². The molecule has 0 spiro atoms. The molecular weight excluding hydrogens is 408 g/mol. The fraction of sp³-hybridized carbons (Fsp3) is 0.100. The average molecular weight is 427 g/mol. The molecule has 0 radical (unpaired) electrons. The van der Waals surface area contributed by atoms with Gasteiger partial charge in [0, 0.05) is 6.08 Å². The van der Waals surface area contributed by atoms with E-state index in [0.717, 1.165) is 5.56 Å². The van der Waals surface area contributed by atoms with Crippen molar-refractivity contribution in [3.05, 3.63) is 66.2 Å². The molecule has 29 heavy (non-hydrogen) atoms. The zero-order valence-corrected chi connectivity index (χ0v) is 17.1. The van der Waals surface area contributed by atoms with Crippen molar-refractivity contribution in [3.63, 3.8) is 0 Å². The molecule has 0 aliphatic heterocycles. The third kappa shape index (κ3) is 6.44. The maximum atomic E-state index is 12.1. The van der Waals surface area contributed by atoms with Crippen LogP contribution >= 0.6 is 23.1 Å². The Labute approximate surface area is 176 Å². The summed E-state index contributed by atoms with van der Waals surface area (Å²) >= 11 is 2.45. The number of anilines is 2. The molecule has 0 aliphatic rings. The first-order valence-electron chi connectivity index (χ1n) is 8.57. The minimum absolute atomic E-state index is 0.161. The maximum absolute atomic E-state index is 12.1. The molecule has 3 rings (SSSR count). The first kappa shape index (κ1) is 20.6. The number of hydrogen-bond acceptors (Lipinski definition) is 7. The molecule has 9 heteroatoms. The monoisotopic (exact) mass is 426 g/mol. The second kappa shape index (κ2) is 10.4. The average Bonchev–Trinajstić information content (AvgIpc) is 3.19. The summed E-state index contributed by atoms with van der Waals surface area (Å²) in [5.74, 6) is 0.269. The van der Waals surface area contributed by atoms with Gasteiger partial charge in [-0.05, 0) is 23.8 Å². The van der Waals surface area contributed by atoms with Gasteiger partial charge >= 0.3 is 0 Å². The van der Waals surface area contributed by atoms with Crippen molar-refractivity contribution in [3.8, 4) is 5.75 Å². The summed E-state index contributed by atoms with van der Waals surface area (Å²) in [5, 5.41) is 13.8. The van der Waals surface area contributed by atoms with Crippen molar-refractivity contribution in [2.24, 2.45) is 0 Å². The van der Waals surface area contributed by atoms with Crippen LogP contribution in [0.5, 0.6) is 5.75 Å². The number of thioether (sulfide) groups is 1. The highest BCUT2D eigenvalue weighted by Gasteiger charge is 2.11. The summed E-state index contributed by atoms with van der Waals surface area (Å²) < 4.78 is 5.80. The molecule has 0 unspecified atom stereocenters. The van der Waals surface area contributed by atoms with Gasteiger partial charge in [0.1, 0.15) is 5.75 Å². The number of hydrogen-bond donors (Lipinski definition) is 2. The van der Waals surface area contributed by atoms with Crippen LogP contribution in [0.4, 0.5) is 10.8 Å². The molecule has 148 valence electrons. The fourth-order valence-electron chi connectivity index (χ4n) is 2.26. The zero-order chi connectivity index (χ0) is 20.5. The molecule has 0 atom stereocenters. The summed E-state index contributed by atoms with van der Waals surface area (Å²) in [5.41, 5.74) is 1.54. The van der Waals surface area contributed by atoms with E-state index in [1.807, 2.05) is 42.5 Å². The van der Waals surface area contributed by atoms with Crippen LogP contribution in [0.3, 0.4) is 0 Å². The molecule has 2 amide bonds. The molecule has 1 aromatic heterocycles. The van der Waals surface area contributed by atoms with Gasteiger partial charge < -0.3 is 10.1 Å². The Morgan fingerprint density at radius 3 is 2.62 bits per heavy atom. The Balaban J connectivity index is 1.48. The van der Waals surface area contributed by atoms with Crippen LogP contribution < -0.4 is 15.4 Å². The first-order chi connectivity index (χ1) is 14.1. The smallest absolute Gasteiger partial charge is 0.250 e. The molecule has 0 saturated heterocycles. The fourth-order valence-corrected chi connectivity index (χ4v) is 3.82. The molecule has 0 bridgehead atoms. The number of carbonyl (C=O) groups excluding carboxylic acids is 2. The standard InChI is InChI=1S/C20H18N4O3S2/c1-27-16-10-6-5-9-15(16)21-18(26)13-28-20-24-23-19(29-20)22-17(25)12-11-14-7-3-2-4-8-14/h2-12H,13H2,1H3,(H,21,26)(H,22,23,25)/b12-11+. The van der Waals surface area contributed by atoms with E-state index in [2.05, 4.69) is 20.8 Å². The van der Waals surface area contributed by atoms with Crippen LogP contribution in [0.1, 0.15) is 5.56 Å². The number of benzene rings is 2. The summed E-state index contributed by atoms with van der Waals surface area (Å²) in [4.78, 5) is 24.1. The Hall–Kier alpha value is -3.17. The number of amides is 2. The summed E-state index contributed by atoms with van der Waals surface area (Å²) in [6.45, 7) is 0. The van der Waals surface area contributed by atoms with E-state index in [1.54, 1.807) is 25.3 Å². The number of carbonyl (C=O) groups is 2. The van der Waals surface area contributed by atoms with Gasteiger partial charge in [0.05, 0.1) is 18.6 Å². The van der Waals surface area contributed by atoms with Gasteiger partial charge in [-0.15, -0.1) is 10.2 Å². The number of methoxy groups -OCH3 is 1. The number of rotatable bonds is 8. The summed E-state index contributed by atoms with van der Waals surface area (Å²) in [6.07, 6.45) is 3.15. The second-order valence-electron chi connectivity index (χ2n) is 5.64. The van der Waals surface area contributed by atoms with Gasteiger partial charge in [-0.25, -0.2) is 0 Å². The minimum Gasteiger partial charge on any atom is -0.495 e. The number of para-hydroxylation sites is 2. The van der Waals surface area contributed by atoms with Crippen molar-refractivity contribution >= 4 is 51.8 Å². The third-order valence-corrected chi connectivity index (χ3v) is 5.54. The Morgan fingerprint density at radius 2 is 1.83 bits per heavy atom. The van der Waals surface area contributed by atoms with Crippen LogP contribution in [0, 0.1) is 0 Å². The van der Waals surface area contributed by atoms with Gasteiger partial charge in [0.2, 0.25) is 16.9 Å². The maximum Gasteiger partial charge on any atom is 0.250 e. The van der Waals surface area contributed by atoms with Crippen LogP contribution in [0.15, 0.2) is 65.0 Å². The molecule has 2 aromatic carbocycles. The quantitative estimate of drug-likeness (QED) is 0.322. The van der Waals surface area contributed by atoms with E-state index in [-0.39, 0.29) is 17.6 Å². The normalized spacial score (nSPS) is 10.7. The summed E-state index contributed by atoms with van der Waals surface area (Å²) in [7, 11) is 1.55. The molecule has 0 saturated carbocycles. The SMILES string of the molecule is COc1ccccc1NC(=O)CSc1nnc(NC(=O)/C=C/c2ccccc2)s1. The van der Waals surface area contributed by atoms with Crippen LogP contribution in [-0.4, -0.2) is 34.9 Å². The largest absolute Gasteiger partial charge is 0.495 e. The number of ether oxygens (including phenoxy) is 1. The Bertz CT molecular complexity index is 1010. The third-order valence-electron chi connectivity index (χ3n) is 3.57. The van der Waals surface area contributed by atoms with Crippen LogP contribution in [-0.2, 0) is 9.59 Å². The molecule has 1 heterocycles. The lowest BCUT2D eigenvalue weighted by atomic mass is 10.2. The molecule has 0 aliphatic carbocycles. The predicted octanol–water partition coefficient (Wildman–Crippen LogP) is 3.93. The Morgan fingerprint density at radius 1 is 1.07 bits per heavy atom. The van der Waals surface area contributed by atoms with Gasteiger partial charge in [-0.1, -0.05) is 65.6 Å². The van der Waals surface area contributed by atoms with Crippen molar-refractivity contribution in [2.75, 3.05) is 23.5 Å². The van der Waals surface area contributed by atoms with E-state index in [0.29, 0.717) is 20.9 Å². The lowest BCUT2D eigenvalue weighted by Crippen LogP contribution is -2.14. The predicted molar refractivity (Wildman–Crippen MR) is 116 cm³/mol. The van der Waals surface area contributed by atoms with Gasteiger partial charge in [0.15, 0.2) is 4.34 Å². The number of nitrogens with zero attached hydrogens (tertiary/aromatic N) is 2. The van der Waals surface area contributed by atoms with E-state index in [1.165, 1.54) is 29.2 Å². The van der Waals surface area contributed by atoms with Gasteiger partial charge in [0.25, 0.3) is 0 Å². The molecule has 7 nitrogen and oxygen atoms in total. The first-order valence-corrected chi connectivity index (χ1v) is 10.4. The van der Waals surface area contributed by atoms with Crippen LogP contribution in [0.25, 0.3) is 6.08 Å². The lowest BCUT2D eigenvalue weighted by Gasteiger charge is -2.08. The van der Waals surface area contributed by atoms with E-state index < -0.39 is 0 Å². The zero-order valence-electron chi connectivity index (χ0n) is 15.5. The summed E-state index contributed by atoms with van der Waals surface area (Å²) in [6, 6.07) is 16.7. The van der Waals surface area contributed by atoms with Crippen molar-refractivity contribution in [2.45, 2.75) is 4.34 Å². The molecule has 3 aromatic rings. The van der Waals surface area contributed by atoms with Crippen molar-refractivity contribution in [1.29, 1.82) is 0 Å². The topological polar surface area (TPSA) is 93.2 Å². The number of nitrogens with one attached hydrogen (secondary N) is 2. The Kier molecular flexibility index (Phi) is 7.37. The van der Waals surface area contributed by atoms with Crippen molar-refractivity contribution in [1.82, 2.24) is 10.2 Å². The molecule has 2 N–H and O–H groups in total. The van der Waals surface area contributed by atoms with E-state index >= 15 is 0 Å². The number of aromatic nitrogens is 2. The highest BCUT2D eigenvalue weighted by molar-refractivity contribution is 8.01. The van der Waals surface area contributed by atoms with E-state index in [9.17, 15) is 9.59 Å². The molecule has 0 fully saturated rings.